The Kier molecular flexibility index (Phi) is 4.61. The highest BCUT2D eigenvalue weighted by molar-refractivity contribution is 5.81. The lowest BCUT2D eigenvalue weighted by molar-refractivity contribution is -0.121. The van der Waals surface area contributed by atoms with Crippen LogP contribution < -0.4 is 0 Å². The Morgan fingerprint density at radius 1 is 1.44 bits per heavy atom. The second-order valence-electron chi connectivity index (χ2n) is 4.46. The van der Waals surface area contributed by atoms with E-state index in [0.29, 0.717) is 11.7 Å². The first-order chi connectivity index (χ1) is 7.49. The highest BCUT2D eigenvalue weighted by Crippen LogP contribution is 2.04. The fourth-order valence-corrected chi connectivity index (χ4v) is 1.14. The van der Waals surface area contributed by atoms with Gasteiger partial charge in [0.25, 0.3) is 0 Å². The molecule has 0 atom stereocenters. The topological polar surface area (TPSA) is 59.2 Å². The smallest absolute Gasteiger partial charge is 0.234 e. The number of likely N-dealkylation sites (N-methyl/N-ethyl adjacent to an activating group) is 1. The predicted octanol–water partition coefficient (Wildman–Crippen LogP) is 0.941. The molecule has 90 valence electrons. The summed E-state index contributed by atoms with van der Waals surface area (Å²) in [5, 5.41) is 3.84. The van der Waals surface area contributed by atoms with E-state index in [1.165, 1.54) is 0 Å². The predicted molar refractivity (Wildman–Crippen MR) is 60.1 cm³/mol. The lowest BCUT2D eigenvalue weighted by Gasteiger charge is -2.05. The third kappa shape index (κ3) is 4.10. The van der Waals surface area contributed by atoms with Gasteiger partial charge in [0.2, 0.25) is 5.89 Å². The van der Waals surface area contributed by atoms with Crippen LogP contribution in [0, 0.1) is 5.92 Å². The molecule has 0 unspecified atom stereocenters. The van der Waals surface area contributed by atoms with E-state index in [-0.39, 0.29) is 18.1 Å². The average Bonchev–Trinajstić information content (AvgIpc) is 2.62. The van der Waals surface area contributed by atoms with Gasteiger partial charge in [-0.05, 0) is 14.1 Å². The summed E-state index contributed by atoms with van der Waals surface area (Å²) in [5.74, 6) is 1.23. The van der Waals surface area contributed by atoms with Crippen LogP contribution in [0.15, 0.2) is 4.52 Å². The number of nitrogens with zero attached hydrogens (tertiary/aromatic N) is 3. The van der Waals surface area contributed by atoms with Crippen molar-refractivity contribution in [1.82, 2.24) is 15.0 Å². The summed E-state index contributed by atoms with van der Waals surface area (Å²) in [5.41, 5.74) is 0. The first-order valence-corrected chi connectivity index (χ1v) is 5.48. The van der Waals surface area contributed by atoms with Gasteiger partial charge in [-0.25, -0.2) is 0 Å². The molecule has 1 rings (SSSR count). The Balaban J connectivity index is 2.48. The molecule has 1 aromatic heterocycles. The monoisotopic (exact) mass is 225 g/mol. The molecule has 5 heteroatoms. The molecule has 0 fully saturated rings. The van der Waals surface area contributed by atoms with Crippen LogP contribution in [0.4, 0.5) is 0 Å². The van der Waals surface area contributed by atoms with Crippen LogP contribution in [0.5, 0.6) is 0 Å². The first-order valence-electron chi connectivity index (χ1n) is 5.48. The molecule has 0 amide bonds. The van der Waals surface area contributed by atoms with Crippen LogP contribution in [0.25, 0.3) is 0 Å². The molecule has 0 spiro atoms. The van der Waals surface area contributed by atoms with Crippen molar-refractivity contribution in [1.29, 1.82) is 0 Å². The first kappa shape index (κ1) is 12.8. The highest BCUT2D eigenvalue weighted by atomic mass is 16.5. The summed E-state index contributed by atoms with van der Waals surface area (Å²) in [7, 11) is 3.98. The van der Waals surface area contributed by atoms with Gasteiger partial charge in [-0.3, -0.25) is 4.79 Å². The lowest BCUT2D eigenvalue weighted by atomic mass is 10.1. The van der Waals surface area contributed by atoms with Crippen molar-refractivity contribution < 1.29 is 9.32 Å². The van der Waals surface area contributed by atoms with Gasteiger partial charge in [0.15, 0.2) is 5.82 Å². The van der Waals surface area contributed by atoms with Crippen LogP contribution >= 0.6 is 0 Å². The molecule has 0 aliphatic rings. The zero-order chi connectivity index (χ0) is 12.1. The summed E-state index contributed by atoms with van der Waals surface area (Å²) in [6.45, 7) is 4.61. The molecule has 1 heterocycles. The van der Waals surface area contributed by atoms with Crippen LogP contribution in [0.1, 0.15) is 25.6 Å². The summed E-state index contributed by atoms with van der Waals surface area (Å²) in [6.07, 6.45) is 0.985. The Labute approximate surface area is 95.8 Å². The van der Waals surface area contributed by atoms with Crippen LogP contribution in [-0.2, 0) is 17.6 Å². The van der Waals surface area contributed by atoms with Crippen molar-refractivity contribution in [2.24, 2.45) is 5.92 Å². The van der Waals surface area contributed by atoms with E-state index >= 15 is 0 Å². The van der Waals surface area contributed by atoms with E-state index in [0.717, 1.165) is 13.0 Å². The second kappa shape index (κ2) is 5.75. The maximum absolute atomic E-state index is 11.5. The standard InChI is InChI=1S/C11H19N3O2/c1-8(2)9(15)7-11-12-10(13-16-11)5-6-14(3)4/h8H,5-7H2,1-4H3. The maximum Gasteiger partial charge on any atom is 0.234 e. The Bertz CT molecular complexity index is 345. The number of hydrogen-bond donors (Lipinski definition) is 0. The zero-order valence-electron chi connectivity index (χ0n) is 10.4. The van der Waals surface area contributed by atoms with Crippen molar-refractivity contribution in [2.75, 3.05) is 20.6 Å². The number of carbonyl (C=O) groups excluding carboxylic acids is 1. The van der Waals surface area contributed by atoms with E-state index in [9.17, 15) is 4.79 Å². The van der Waals surface area contributed by atoms with Gasteiger partial charge in [0.05, 0.1) is 6.42 Å². The number of carbonyl (C=O) groups is 1. The molecular formula is C11H19N3O2. The van der Waals surface area contributed by atoms with Gasteiger partial charge in [-0.15, -0.1) is 0 Å². The van der Waals surface area contributed by atoms with Gasteiger partial charge in [0, 0.05) is 18.9 Å². The summed E-state index contributed by atoms with van der Waals surface area (Å²) < 4.78 is 5.02. The number of rotatable bonds is 6. The molecule has 1 aromatic rings. The molecule has 0 aliphatic heterocycles. The molecule has 0 radical (unpaired) electrons. The molecule has 0 saturated heterocycles. The fourth-order valence-electron chi connectivity index (χ4n) is 1.14. The van der Waals surface area contributed by atoms with Gasteiger partial charge in [0.1, 0.15) is 5.78 Å². The maximum atomic E-state index is 11.5. The van der Waals surface area contributed by atoms with Crippen molar-refractivity contribution in [2.45, 2.75) is 26.7 Å². The molecule has 5 nitrogen and oxygen atoms in total. The van der Waals surface area contributed by atoms with Gasteiger partial charge < -0.3 is 9.42 Å². The van der Waals surface area contributed by atoms with Crippen molar-refractivity contribution in [3.8, 4) is 0 Å². The van der Waals surface area contributed by atoms with E-state index in [4.69, 9.17) is 4.52 Å². The number of aromatic nitrogens is 2. The van der Waals surface area contributed by atoms with Crippen LogP contribution in [-0.4, -0.2) is 41.5 Å². The third-order valence-corrected chi connectivity index (χ3v) is 2.26. The van der Waals surface area contributed by atoms with Crippen LogP contribution in [0.3, 0.4) is 0 Å². The highest BCUT2D eigenvalue weighted by Gasteiger charge is 2.13. The van der Waals surface area contributed by atoms with E-state index in [1.807, 2.05) is 27.9 Å². The quantitative estimate of drug-likeness (QED) is 0.721. The summed E-state index contributed by atoms with van der Waals surface area (Å²) >= 11 is 0. The summed E-state index contributed by atoms with van der Waals surface area (Å²) in [6, 6.07) is 0. The fraction of sp³-hybridized carbons (Fsp3) is 0.727. The molecule has 0 aliphatic carbocycles. The Morgan fingerprint density at radius 2 is 2.12 bits per heavy atom. The normalized spacial score (nSPS) is 11.4. The van der Waals surface area contributed by atoms with Crippen molar-refractivity contribution in [3.63, 3.8) is 0 Å². The third-order valence-electron chi connectivity index (χ3n) is 2.26. The molecule has 16 heavy (non-hydrogen) atoms. The van der Waals surface area contributed by atoms with E-state index in [2.05, 4.69) is 15.0 Å². The minimum Gasteiger partial charge on any atom is -0.339 e. The van der Waals surface area contributed by atoms with Crippen molar-refractivity contribution in [3.05, 3.63) is 11.7 Å². The molecular weight excluding hydrogens is 206 g/mol. The zero-order valence-corrected chi connectivity index (χ0v) is 10.4. The molecule has 0 saturated carbocycles. The summed E-state index contributed by atoms with van der Waals surface area (Å²) in [4.78, 5) is 17.7. The second-order valence-corrected chi connectivity index (χ2v) is 4.46. The van der Waals surface area contributed by atoms with Crippen LogP contribution in [0.2, 0.25) is 0 Å². The largest absolute Gasteiger partial charge is 0.339 e. The van der Waals surface area contributed by atoms with E-state index in [1.54, 1.807) is 0 Å². The number of hydrogen-bond acceptors (Lipinski definition) is 5. The van der Waals surface area contributed by atoms with Gasteiger partial charge >= 0.3 is 0 Å². The molecule has 0 N–H and O–H groups in total. The van der Waals surface area contributed by atoms with Gasteiger partial charge in [-0.1, -0.05) is 19.0 Å². The molecule has 0 bridgehead atoms. The number of ketones is 1. The minimum absolute atomic E-state index is 0.0112. The van der Waals surface area contributed by atoms with E-state index < -0.39 is 0 Å². The molecule has 0 aromatic carbocycles. The Hall–Kier alpha value is -1.23. The van der Waals surface area contributed by atoms with Gasteiger partial charge in [-0.2, -0.15) is 4.98 Å². The van der Waals surface area contributed by atoms with Crippen molar-refractivity contribution >= 4 is 5.78 Å². The minimum atomic E-state index is 0.0112. The lowest BCUT2D eigenvalue weighted by Crippen LogP contribution is -2.15. The SMILES string of the molecule is CC(C)C(=O)Cc1nc(CCN(C)C)no1. The average molecular weight is 225 g/mol. The number of Topliss-reactive ketones (excluding diaryl/α,β-unsaturated/α-hetero) is 1. The Morgan fingerprint density at radius 3 is 2.69 bits per heavy atom.